The summed E-state index contributed by atoms with van der Waals surface area (Å²) in [5, 5.41) is 5.73. The summed E-state index contributed by atoms with van der Waals surface area (Å²) in [6.45, 7) is 4.67. The van der Waals surface area contributed by atoms with E-state index in [0.717, 1.165) is 44.1 Å². The summed E-state index contributed by atoms with van der Waals surface area (Å²) in [6, 6.07) is 16.3. The standard InChI is InChI=1S/C40H50N2O3/c1-3-4-5-6-7-8-9-10-11-12-13-14-15-16-17-18-19-20-24-30-38(43)41-31-32-42-40(45)34(2)36-28-25-29-37(33-36)39(44)35-26-22-21-23-27-35/h4-5,7-8,10-11,13-14,16-17,19-23,25-29,33-34H,3,6,9,12,15,18,24,30-32H2,1-2H3,(H,41,43)(H,42,45)/b5-4-,8-7-,11-10-,14-13-,17-16-,20-19-. The maximum Gasteiger partial charge on any atom is 0.227 e. The number of nitrogens with one attached hydrogen (secondary N) is 2. The molecular formula is C40H50N2O3. The third kappa shape index (κ3) is 16.8. The normalized spacial score (nSPS) is 12.8. The molecule has 0 aromatic heterocycles. The van der Waals surface area contributed by atoms with Crippen molar-refractivity contribution in [3.05, 3.63) is 144 Å². The zero-order chi connectivity index (χ0) is 32.4. The summed E-state index contributed by atoms with van der Waals surface area (Å²) in [4.78, 5) is 37.5. The minimum Gasteiger partial charge on any atom is -0.354 e. The number of amides is 2. The maximum atomic E-state index is 12.8. The minimum absolute atomic E-state index is 0.0380. The van der Waals surface area contributed by atoms with Gasteiger partial charge in [-0.15, -0.1) is 0 Å². The predicted molar refractivity (Wildman–Crippen MR) is 188 cm³/mol. The molecule has 238 valence electrons. The van der Waals surface area contributed by atoms with E-state index >= 15 is 0 Å². The fourth-order valence-electron chi connectivity index (χ4n) is 4.34. The molecule has 2 aromatic rings. The topological polar surface area (TPSA) is 75.3 Å². The number of hydrogen-bond acceptors (Lipinski definition) is 3. The number of ketones is 1. The van der Waals surface area contributed by atoms with Crippen LogP contribution in [0.15, 0.2) is 128 Å². The van der Waals surface area contributed by atoms with Crippen molar-refractivity contribution in [3.8, 4) is 0 Å². The van der Waals surface area contributed by atoms with E-state index in [9.17, 15) is 14.4 Å². The summed E-state index contributed by atoms with van der Waals surface area (Å²) in [6.07, 6.45) is 32.8. The van der Waals surface area contributed by atoms with E-state index in [2.05, 4.69) is 84.4 Å². The first kappa shape index (κ1) is 36.7. The van der Waals surface area contributed by atoms with E-state index in [1.807, 2.05) is 37.3 Å². The average Bonchev–Trinajstić information content (AvgIpc) is 3.07. The van der Waals surface area contributed by atoms with Gasteiger partial charge >= 0.3 is 0 Å². The number of carbonyl (C=O) groups is 3. The molecule has 5 heteroatoms. The molecule has 0 fully saturated rings. The van der Waals surface area contributed by atoms with Crippen LogP contribution in [0.5, 0.6) is 0 Å². The lowest BCUT2D eigenvalue weighted by atomic mass is 9.95. The second-order valence-corrected chi connectivity index (χ2v) is 10.6. The quantitative estimate of drug-likeness (QED) is 0.0848. The summed E-state index contributed by atoms with van der Waals surface area (Å²) in [5.41, 5.74) is 1.94. The van der Waals surface area contributed by atoms with E-state index in [-0.39, 0.29) is 17.6 Å². The van der Waals surface area contributed by atoms with E-state index in [1.165, 1.54) is 0 Å². The highest BCUT2D eigenvalue weighted by Gasteiger charge is 2.17. The summed E-state index contributed by atoms with van der Waals surface area (Å²) < 4.78 is 0. The fourth-order valence-corrected chi connectivity index (χ4v) is 4.34. The zero-order valence-electron chi connectivity index (χ0n) is 27.0. The van der Waals surface area contributed by atoms with Crippen LogP contribution >= 0.6 is 0 Å². The molecule has 0 spiro atoms. The Bertz CT molecular complexity index is 1330. The molecule has 45 heavy (non-hydrogen) atoms. The molecule has 0 bridgehead atoms. The van der Waals surface area contributed by atoms with Crippen LogP contribution in [-0.4, -0.2) is 30.7 Å². The van der Waals surface area contributed by atoms with Gasteiger partial charge in [0.25, 0.3) is 0 Å². The van der Waals surface area contributed by atoms with Gasteiger partial charge in [-0.05, 0) is 63.5 Å². The number of benzene rings is 2. The molecule has 0 radical (unpaired) electrons. The average molecular weight is 607 g/mol. The lowest BCUT2D eigenvalue weighted by Gasteiger charge is -2.14. The first-order valence-corrected chi connectivity index (χ1v) is 16.2. The summed E-state index contributed by atoms with van der Waals surface area (Å²) in [7, 11) is 0. The second kappa shape index (κ2) is 23.9. The minimum atomic E-state index is -0.419. The maximum absolute atomic E-state index is 12.8. The monoisotopic (exact) mass is 606 g/mol. The van der Waals surface area contributed by atoms with Crippen molar-refractivity contribution in [3.63, 3.8) is 0 Å². The van der Waals surface area contributed by atoms with Crippen molar-refractivity contribution < 1.29 is 14.4 Å². The molecule has 2 aromatic carbocycles. The highest BCUT2D eigenvalue weighted by Crippen LogP contribution is 2.19. The van der Waals surface area contributed by atoms with Gasteiger partial charge in [0.05, 0.1) is 5.92 Å². The Hall–Kier alpha value is -4.51. The van der Waals surface area contributed by atoms with Crippen molar-refractivity contribution in [2.75, 3.05) is 13.1 Å². The van der Waals surface area contributed by atoms with Crippen LogP contribution in [0.25, 0.3) is 0 Å². The lowest BCUT2D eigenvalue weighted by Crippen LogP contribution is -2.36. The van der Waals surface area contributed by atoms with Crippen molar-refractivity contribution in [1.82, 2.24) is 10.6 Å². The third-order valence-corrected chi connectivity index (χ3v) is 6.96. The number of rotatable bonds is 21. The summed E-state index contributed by atoms with van der Waals surface area (Å²) >= 11 is 0. The van der Waals surface area contributed by atoms with Gasteiger partial charge in [-0.2, -0.15) is 0 Å². The van der Waals surface area contributed by atoms with Gasteiger partial charge in [-0.3, -0.25) is 14.4 Å². The van der Waals surface area contributed by atoms with Crippen LogP contribution in [-0.2, 0) is 9.59 Å². The highest BCUT2D eigenvalue weighted by molar-refractivity contribution is 6.09. The van der Waals surface area contributed by atoms with Gasteiger partial charge in [0.15, 0.2) is 5.78 Å². The molecule has 2 rings (SSSR count). The Morgan fingerprint density at radius 3 is 1.71 bits per heavy atom. The number of carbonyl (C=O) groups excluding carboxylic acids is 3. The smallest absolute Gasteiger partial charge is 0.227 e. The molecular weight excluding hydrogens is 556 g/mol. The van der Waals surface area contributed by atoms with Gasteiger partial charge in [0, 0.05) is 30.6 Å². The largest absolute Gasteiger partial charge is 0.354 e. The van der Waals surface area contributed by atoms with E-state index in [4.69, 9.17) is 0 Å². The van der Waals surface area contributed by atoms with E-state index < -0.39 is 5.92 Å². The van der Waals surface area contributed by atoms with Crippen LogP contribution in [0.3, 0.4) is 0 Å². The van der Waals surface area contributed by atoms with Crippen LogP contribution in [0.4, 0.5) is 0 Å². The van der Waals surface area contributed by atoms with Gasteiger partial charge in [0.1, 0.15) is 0 Å². The van der Waals surface area contributed by atoms with Crippen LogP contribution in [0.1, 0.15) is 92.6 Å². The lowest BCUT2D eigenvalue weighted by molar-refractivity contribution is -0.123. The second-order valence-electron chi connectivity index (χ2n) is 10.6. The van der Waals surface area contributed by atoms with Gasteiger partial charge < -0.3 is 10.6 Å². The Kier molecular flexibility index (Phi) is 19.5. The first-order chi connectivity index (χ1) is 22.0. The SMILES string of the molecule is CC/C=C\C/C=C\C/C=C\C/C=C\C/C=C\C/C=C\CCC(=O)NCCNC(=O)C(C)c1cccc(C(=O)c2ccccc2)c1. The molecule has 1 atom stereocenters. The first-order valence-electron chi connectivity index (χ1n) is 16.2. The number of allylic oxidation sites excluding steroid dienone is 12. The summed E-state index contributed by atoms with van der Waals surface area (Å²) in [5.74, 6) is -0.676. The van der Waals surface area contributed by atoms with Crippen LogP contribution in [0, 0.1) is 0 Å². The molecule has 0 heterocycles. The van der Waals surface area contributed by atoms with Crippen molar-refractivity contribution in [1.29, 1.82) is 0 Å². The van der Waals surface area contributed by atoms with Gasteiger partial charge in [-0.25, -0.2) is 0 Å². The number of hydrogen-bond donors (Lipinski definition) is 2. The zero-order valence-corrected chi connectivity index (χ0v) is 27.0. The molecule has 0 saturated heterocycles. The van der Waals surface area contributed by atoms with Crippen molar-refractivity contribution in [2.24, 2.45) is 0 Å². The third-order valence-electron chi connectivity index (χ3n) is 6.96. The molecule has 2 amide bonds. The van der Waals surface area contributed by atoms with Crippen LogP contribution in [0.2, 0.25) is 0 Å². The fraction of sp³-hybridized carbons (Fsp3) is 0.325. The molecule has 0 aliphatic rings. The van der Waals surface area contributed by atoms with Crippen LogP contribution < -0.4 is 10.6 Å². The molecule has 2 N–H and O–H groups in total. The predicted octanol–water partition coefficient (Wildman–Crippen LogP) is 8.73. The molecule has 0 aliphatic heterocycles. The Morgan fingerprint density at radius 1 is 0.622 bits per heavy atom. The Balaban J connectivity index is 1.52. The molecule has 0 aliphatic carbocycles. The Morgan fingerprint density at radius 2 is 1.13 bits per heavy atom. The Labute approximate surface area is 270 Å². The van der Waals surface area contributed by atoms with Gasteiger partial charge in [0.2, 0.25) is 11.8 Å². The molecule has 5 nitrogen and oxygen atoms in total. The van der Waals surface area contributed by atoms with E-state index in [0.29, 0.717) is 37.1 Å². The van der Waals surface area contributed by atoms with Crippen molar-refractivity contribution in [2.45, 2.75) is 71.1 Å². The van der Waals surface area contributed by atoms with E-state index in [1.54, 1.807) is 30.3 Å². The van der Waals surface area contributed by atoms with Gasteiger partial charge in [-0.1, -0.05) is 128 Å². The molecule has 1 unspecified atom stereocenters. The highest BCUT2D eigenvalue weighted by atomic mass is 16.2. The molecule has 0 saturated carbocycles. The van der Waals surface area contributed by atoms with Crippen molar-refractivity contribution >= 4 is 17.6 Å².